The third-order valence-corrected chi connectivity index (χ3v) is 3.68. The van der Waals surface area contributed by atoms with Gasteiger partial charge in [-0.1, -0.05) is 12.8 Å². The normalized spacial score (nSPS) is 18.7. The molecule has 1 N–H and O–H groups in total. The van der Waals surface area contributed by atoms with Crippen molar-refractivity contribution in [1.29, 1.82) is 0 Å². The zero-order chi connectivity index (χ0) is 14.5. The van der Waals surface area contributed by atoms with E-state index < -0.39 is 11.7 Å². The molecule has 0 aromatic carbocycles. The fourth-order valence-corrected chi connectivity index (χ4v) is 2.16. The molecule has 1 aliphatic rings. The molecule has 1 unspecified atom stereocenters. The molecule has 0 bridgehead atoms. The molecule has 1 aliphatic carbocycles. The highest BCUT2D eigenvalue weighted by atomic mass is 16.6. The van der Waals surface area contributed by atoms with Gasteiger partial charge in [0.05, 0.1) is 6.61 Å². The molecule has 1 fully saturated rings. The SMILES string of the molecule is CCOC(=O)C(C)(OC)N(C)C(=O)NC1CCCC1. The van der Waals surface area contributed by atoms with Crippen molar-refractivity contribution in [1.82, 2.24) is 10.2 Å². The van der Waals surface area contributed by atoms with E-state index in [0.717, 1.165) is 25.7 Å². The van der Waals surface area contributed by atoms with Crippen LogP contribution in [0.3, 0.4) is 0 Å². The first-order valence-electron chi connectivity index (χ1n) is 6.72. The first-order valence-corrected chi connectivity index (χ1v) is 6.72. The second kappa shape index (κ2) is 6.75. The summed E-state index contributed by atoms with van der Waals surface area (Å²) < 4.78 is 10.1. The first-order chi connectivity index (χ1) is 8.95. The van der Waals surface area contributed by atoms with Crippen molar-refractivity contribution < 1.29 is 19.1 Å². The van der Waals surface area contributed by atoms with Crippen molar-refractivity contribution in [2.45, 2.75) is 51.3 Å². The van der Waals surface area contributed by atoms with E-state index in [1.54, 1.807) is 6.92 Å². The molecule has 1 rings (SSSR count). The number of ether oxygens (including phenoxy) is 2. The van der Waals surface area contributed by atoms with E-state index in [4.69, 9.17) is 9.47 Å². The van der Waals surface area contributed by atoms with Crippen LogP contribution in [0.25, 0.3) is 0 Å². The smallest absolute Gasteiger partial charge is 0.359 e. The van der Waals surface area contributed by atoms with Gasteiger partial charge in [0.25, 0.3) is 0 Å². The topological polar surface area (TPSA) is 67.9 Å². The monoisotopic (exact) mass is 272 g/mol. The van der Waals surface area contributed by atoms with Crippen LogP contribution in [0, 0.1) is 0 Å². The van der Waals surface area contributed by atoms with Gasteiger partial charge >= 0.3 is 12.0 Å². The largest absolute Gasteiger partial charge is 0.462 e. The van der Waals surface area contributed by atoms with E-state index in [-0.39, 0.29) is 18.7 Å². The predicted molar refractivity (Wildman–Crippen MR) is 70.6 cm³/mol. The Labute approximate surface area is 114 Å². The highest BCUT2D eigenvalue weighted by molar-refractivity contribution is 5.85. The van der Waals surface area contributed by atoms with Gasteiger partial charge in [-0.2, -0.15) is 0 Å². The minimum absolute atomic E-state index is 0.193. The van der Waals surface area contributed by atoms with E-state index in [0.29, 0.717) is 0 Å². The van der Waals surface area contributed by atoms with Crippen LogP contribution in [0.15, 0.2) is 0 Å². The molecule has 0 aromatic heterocycles. The van der Waals surface area contributed by atoms with E-state index in [1.165, 1.54) is 26.0 Å². The lowest BCUT2D eigenvalue weighted by molar-refractivity contribution is -0.183. The summed E-state index contributed by atoms with van der Waals surface area (Å²) in [6.45, 7) is 3.49. The quantitative estimate of drug-likeness (QED) is 0.608. The fraction of sp³-hybridized carbons (Fsp3) is 0.846. The minimum Gasteiger partial charge on any atom is -0.462 e. The second-order valence-corrected chi connectivity index (χ2v) is 4.90. The Morgan fingerprint density at radius 1 is 1.37 bits per heavy atom. The molecule has 0 aromatic rings. The van der Waals surface area contributed by atoms with Gasteiger partial charge in [0.1, 0.15) is 0 Å². The summed E-state index contributed by atoms with van der Waals surface area (Å²) in [6.07, 6.45) is 4.24. The van der Waals surface area contributed by atoms with Crippen molar-refractivity contribution in [3.63, 3.8) is 0 Å². The van der Waals surface area contributed by atoms with Crippen LogP contribution in [-0.2, 0) is 14.3 Å². The highest BCUT2D eigenvalue weighted by Gasteiger charge is 2.42. The average molecular weight is 272 g/mol. The van der Waals surface area contributed by atoms with Gasteiger partial charge in [-0.05, 0) is 26.7 Å². The van der Waals surface area contributed by atoms with Gasteiger partial charge in [-0.15, -0.1) is 0 Å². The Morgan fingerprint density at radius 2 is 1.95 bits per heavy atom. The number of urea groups is 1. The lowest BCUT2D eigenvalue weighted by Crippen LogP contribution is -2.58. The van der Waals surface area contributed by atoms with Crippen LogP contribution in [0.2, 0.25) is 0 Å². The highest BCUT2D eigenvalue weighted by Crippen LogP contribution is 2.20. The number of carbonyl (C=O) groups is 2. The molecule has 110 valence electrons. The number of nitrogens with one attached hydrogen (secondary N) is 1. The molecule has 2 amide bonds. The Kier molecular flexibility index (Phi) is 5.60. The van der Waals surface area contributed by atoms with Crippen LogP contribution < -0.4 is 5.32 Å². The molecule has 0 radical (unpaired) electrons. The maximum atomic E-state index is 12.1. The van der Waals surface area contributed by atoms with Gasteiger partial charge in [-0.25, -0.2) is 9.59 Å². The van der Waals surface area contributed by atoms with Crippen molar-refractivity contribution in [3.8, 4) is 0 Å². The number of nitrogens with zero attached hydrogens (tertiary/aromatic N) is 1. The lowest BCUT2D eigenvalue weighted by Gasteiger charge is -2.35. The molecule has 1 atom stereocenters. The Bertz CT molecular complexity index is 329. The van der Waals surface area contributed by atoms with Crippen molar-refractivity contribution >= 4 is 12.0 Å². The second-order valence-electron chi connectivity index (χ2n) is 4.90. The van der Waals surface area contributed by atoms with Gasteiger partial charge in [-0.3, -0.25) is 4.90 Å². The number of rotatable bonds is 5. The fourth-order valence-electron chi connectivity index (χ4n) is 2.16. The Morgan fingerprint density at radius 3 is 2.42 bits per heavy atom. The maximum Gasteiger partial charge on any atom is 0.359 e. The zero-order valence-electron chi connectivity index (χ0n) is 12.2. The van der Waals surface area contributed by atoms with Gasteiger partial charge in [0.15, 0.2) is 0 Å². The number of amides is 2. The van der Waals surface area contributed by atoms with E-state index in [1.807, 2.05) is 0 Å². The summed E-state index contributed by atoms with van der Waals surface area (Å²) in [4.78, 5) is 25.3. The standard InChI is InChI=1S/C13H24N2O4/c1-5-19-11(16)13(2,18-4)15(3)12(17)14-10-8-6-7-9-10/h10H,5-9H2,1-4H3,(H,14,17). The van der Waals surface area contributed by atoms with Crippen LogP contribution in [0.5, 0.6) is 0 Å². The first kappa shape index (κ1) is 15.8. The van der Waals surface area contributed by atoms with Gasteiger partial charge < -0.3 is 14.8 Å². The summed E-state index contributed by atoms with van der Waals surface area (Å²) in [5.74, 6) is -0.568. The van der Waals surface area contributed by atoms with Crippen LogP contribution in [-0.4, -0.2) is 49.4 Å². The molecular weight excluding hydrogens is 248 g/mol. The Hall–Kier alpha value is -1.30. The summed E-state index contributed by atoms with van der Waals surface area (Å²) in [6, 6.07) is -0.123. The number of carbonyl (C=O) groups excluding carboxylic acids is 2. The third kappa shape index (κ3) is 3.59. The van der Waals surface area contributed by atoms with E-state index in [9.17, 15) is 9.59 Å². The molecule has 6 nitrogen and oxygen atoms in total. The molecule has 6 heteroatoms. The minimum atomic E-state index is -1.40. The number of hydrogen-bond acceptors (Lipinski definition) is 4. The molecule has 0 saturated heterocycles. The molecule has 1 saturated carbocycles. The third-order valence-electron chi connectivity index (χ3n) is 3.68. The maximum absolute atomic E-state index is 12.1. The van der Waals surface area contributed by atoms with E-state index >= 15 is 0 Å². The summed E-state index contributed by atoms with van der Waals surface area (Å²) in [5, 5.41) is 2.91. The van der Waals surface area contributed by atoms with Crippen LogP contribution >= 0.6 is 0 Å². The number of likely N-dealkylation sites (N-methyl/N-ethyl adjacent to an activating group) is 1. The van der Waals surface area contributed by atoms with Crippen molar-refractivity contribution in [3.05, 3.63) is 0 Å². The molecule has 19 heavy (non-hydrogen) atoms. The summed E-state index contributed by atoms with van der Waals surface area (Å²) in [7, 11) is 2.92. The molecule has 0 heterocycles. The number of esters is 1. The van der Waals surface area contributed by atoms with Crippen LogP contribution in [0.1, 0.15) is 39.5 Å². The van der Waals surface area contributed by atoms with E-state index in [2.05, 4.69) is 5.32 Å². The van der Waals surface area contributed by atoms with Crippen molar-refractivity contribution in [2.75, 3.05) is 20.8 Å². The number of hydrogen-bond donors (Lipinski definition) is 1. The summed E-state index contributed by atoms with van der Waals surface area (Å²) >= 11 is 0. The van der Waals surface area contributed by atoms with Gasteiger partial charge in [0.2, 0.25) is 5.72 Å². The van der Waals surface area contributed by atoms with Gasteiger partial charge in [0, 0.05) is 20.2 Å². The molecule has 0 spiro atoms. The lowest BCUT2D eigenvalue weighted by atomic mass is 10.2. The number of methoxy groups -OCH3 is 1. The zero-order valence-corrected chi connectivity index (χ0v) is 12.2. The Balaban J connectivity index is 2.67. The average Bonchev–Trinajstić information content (AvgIpc) is 2.89. The predicted octanol–water partition coefficient (Wildman–Crippen LogP) is 1.50. The molecular formula is C13H24N2O4. The summed E-state index contributed by atoms with van der Waals surface area (Å²) in [5.41, 5.74) is -1.40. The van der Waals surface area contributed by atoms with Crippen molar-refractivity contribution in [2.24, 2.45) is 0 Å². The van der Waals surface area contributed by atoms with Crippen LogP contribution in [0.4, 0.5) is 4.79 Å². The molecule has 0 aliphatic heterocycles.